The van der Waals surface area contributed by atoms with E-state index in [1.165, 1.54) is 44.7 Å². The summed E-state index contributed by atoms with van der Waals surface area (Å²) in [5.74, 6) is -0.330. The first kappa shape index (κ1) is 15.2. The van der Waals surface area contributed by atoms with E-state index in [4.69, 9.17) is 9.47 Å². The summed E-state index contributed by atoms with van der Waals surface area (Å²) in [6.45, 7) is 0. The lowest BCUT2D eigenvalue weighted by molar-refractivity contribution is -0.384. The van der Waals surface area contributed by atoms with Crippen LogP contribution in [-0.4, -0.2) is 35.0 Å². The zero-order chi connectivity index (χ0) is 16.1. The Morgan fingerprint density at radius 2 is 1.91 bits per heavy atom. The molecule has 0 saturated carbocycles. The highest BCUT2D eigenvalue weighted by molar-refractivity contribution is 6.04. The second-order valence-electron chi connectivity index (χ2n) is 4.04. The van der Waals surface area contributed by atoms with E-state index in [-0.39, 0.29) is 28.8 Å². The fraction of sp³-hybridized carbons (Fsp3) is 0.154. The summed E-state index contributed by atoms with van der Waals surface area (Å²) in [6.07, 6.45) is 1.34. The Hall–Kier alpha value is -3.23. The van der Waals surface area contributed by atoms with Crippen LogP contribution in [0.25, 0.3) is 0 Å². The fourth-order valence-corrected chi connectivity index (χ4v) is 1.62. The minimum absolute atomic E-state index is 0.0955. The molecule has 0 bridgehead atoms. The summed E-state index contributed by atoms with van der Waals surface area (Å²) < 4.78 is 9.90. The largest absolute Gasteiger partial charge is 0.479 e. The lowest BCUT2D eigenvalue weighted by atomic mass is 10.2. The molecule has 2 rings (SSSR count). The zero-order valence-corrected chi connectivity index (χ0v) is 11.8. The van der Waals surface area contributed by atoms with Gasteiger partial charge in [-0.15, -0.1) is 0 Å². The van der Waals surface area contributed by atoms with Gasteiger partial charge in [0.2, 0.25) is 5.88 Å². The van der Waals surface area contributed by atoms with Crippen LogP contribution >= 0.6 is 0 Å². The minimum Gasteiger partial charge on any atom is -0.479 e. The highest BCUT2D eigenvalue weighted by Gasteiger charge is 2.14. The zero-order valence-electron chi connectivity index (χ0n) is 11.8. The van der Waals surface area contributed by atoms with Gasteiger partial charge in [0.25, 0.3) is 11.6 Å². The molecule has 22 heavy (non-hydrogen) atoms. The molecule has 9 heteroatoms. The number of nitro groups is 1. The van der Waals surface area contributed by atoms with Crippen LogP contribution in [0.3, 0.4) is 0 Å². The monoisotopic (exact) mass is 304 g/mol. The lowest BCUT2D eigenvalue weighted by Gasteiger charge is -2.09. The van der Waals surface area contributed by atoms with Gasteiger partial charge in [-0.1, -0.05) is 0 Å². The van der Waals surface area contributed by atoms with E-state index in [9.17, 15) is 14.9 Å². The van der Waals surface area contributed by atoms with Crippen molar-refractivity contribution >= 4 is 17.3 Å². The molecule has 0 fully saturated rings. The smallest absolute Gasteiger partial charge is 0.319 e. The maximum atomic E-state index is 12.1. The molecule has 1 aromatic carbocycles. The summed E-state index contributed by atoms with van der Waals surface area (Å²) in [4.78, 5) is 29.9. The Morgan fingerprint density at radius 3 is 2.45 bits per heavy atom. The van der Waals surface area contributed by atoms with E-state index < -0.39 is 10.8 Å². The van der Waals surface area contributed by atoms with Gasteiger partial charge in [-0.25, -0.2) is 4.98 Å². The van der Waals surface area contributed by atoms with E-state index in [0.29, 0.717) is 0 Å². The number of nitrogens with one attached hydrogen (secondary N) is 1. The molecule has 1 aromatic heterocycles. The van der Waals surface area contributed by atoms with Crippen molar-refractivity contribution in [1.82, 2.24) is 9.97 Å². The number of hydrogen-bond donors (Lipinski definition) is 1. The van der Waals surface area contributed by atoms with Gasteiger partial charge in [0.1, 0.15) is 5.69 Å². The van der Waals surface area contributed by atoms with Gasteiger partial charge < -0.3 is 14.8 Å². The third-order valence-electron chi connectivity index (χ3n) is 2.70. The standard InChI is InChI=1S/C13H12N4O5/c1-21-12-10(7-14-13(16-12)22-2)15-11(18)8-3-5-9(6-4-8)17(19)20/h3-7H,1-2H3,(H,15,18). The number of rotatable bonds is 5. The van der Waals surface area contributed by atoms with Gasteiger partial charge in [0.15, 0.2) is 0 Å². The number of anilines is 1. The topological polar surface area (TPSA) is 116 Å². The van der Waals surface area contributed by atoms with Crippen LogP contribution in [0.5, 0.6) is 11.9 Å². The van der Waals surface area contributed by atoms with Crippen LogP contribution in [0, 0.1) is 10.1 Å². The first-order valence-electron chi connectivity index (χ1n) is 6.06. The van der Waals surface area contributed by atoms with Crippen LogP contribution in [0.4, 0.5) is 11.4 Å². The first-order valence-corrected chi connectivity index (χ1v) is 6.06. The van der Waals surface area contributed by atoms with Crippen LogP contribution in [-0.2, 0) is 0 Å². The number of non-ortho nitro benzene ring substituents is 1. The Morgan fingerprint density at radius 1 is 1.23 bits per heavy atom. The molecule has 114 valence electrons. The van der Waals surface area contributed by atoms with Crippen molar-refractivity contribution in [2.45, 2.75) is 0 Å². The first-order chi connectivity index (χ1) is 10.5. The van der Waals surface area contributed by atoms with E-state index in [2.05, 4.69) is 15.3 Å². The summed E-state index contributed by atoms with van der Waals surface area (Å²) in [6, 6.07) is 5.30. The van der Waals surface area contributed by atoms with Gasteiger partial charge >= 0.3 is 6.01 Å². The van der Waals surface area contributed by atoms with Crippen molar-refractivity contribution in [1.29, 1.82) is 0 Å². The quantitative estimate of drug-likeness (QED) is 0.659. The third kappa shape index (κ3) is 3.26. The molecule has 1 amide bonds. The molecule has 0 aliphatic carbocycles. The maximum Gasteiger partial charge on any atom is 0.319 e. The molecule has 0 atom stereocenters. The summed E-state index contributed by atoms with van der Waals surface area (Å²) in [5, 5.41) is 13.1. The lowest BCUT2D eigenvalue weighted by Crippen LogP contribution is -2.13. The molecule has 0 aliphatic rings. The van der Waals surface area contributed by atoms with Crippen LogP contribution < -0.4 is 14.8 Å². The number of carbonyl (C=O) groups is 1. The Kier molecular flexibility index (Phi) is 4.47. The normalized spacial score (nSPS) is 9.91. The Balaban J connectivity index is 2.19. The number of aromatic nitrogens is 2. The van der Waals surface area contributed by atoms with Crippen molar-refractivity contribution in [2.75, 3.05) is 19.5 Å². The van der Waals surface area contributed by atoms with Gasteiger partial charge in [-0.05, 0) is 12.1 Å². The molecule has 1 heterocycles. The fourth-order valence-electron chi connectivity index (χ4n) is 1.62. The van der Waals surface area contributed by atoms with Crippen molar-refractivity contribution in [2.24, 2.45) is 0 Å². The van der Waals surface area contributed by atoms with Gasteiger partial charge in [-0.2, -0.15) is 4.98 Å². The third-order valence-corrected chi connectivity index (χ3v) is 2.70. The highest BCUT2D eigenvalue weighted by Crippen LogP contribution is 2.23. The molecule has 1 N–H and O–H groups in total. The van der Waals surface area contributed by atoms with Crippen LogP contribution in [0.15, 0.2) is 30.5 Å². The van der Waals surface area contributed by atoms with Gasteiger partial charge in [0.05, 0.1) is 25.3 Å². The van der Waals surface area contributed by atoms with E-state index >= 15 is 0 Å². The van der Waals surface area contributed by atoms with Gasteiger partial charge in [0, 0.05) is 17.7 Å². The van der Waals surface area contributed by atoms with Crippen LogP contribution in [0.1, 0.15) is 10.4 Å². The Bertz CT molecular complexity index is 702. The predicted octanol–water partition coefficient (Wildman–Crippen LogP) is 1.65. The summed E-state index contributed by atoms with van der Waals surface area (Å²) >= 11 is 0. The van der Waals surface area contributed by atoms with Crippen molar-refractivity contribution in [3.63, 3.8) is 0 Å². The number of amides is 1. The molecule has 2 aromatic rings. The number of hydrogen-bond acceptors (Lipinski definition) is 7. The number of carbonyl (C=O) groups excluding carboxylic acids is 1. The number of nitro benzene ring substituents is 1. The van der Waals surface area contributed by atoms with E-state index in [1.807, 2.05) is 0 Å². The summed E-state index contributed by atoms with van der Waals surface area (Å²) in [5.41, 5.74) is 0.414. The average Bonchev–Trinajstić information content (AvgIpc) is 2.55. The SMILES string of the molecule is COc1ncc(NC(=O)c2ccc([N+](=O)[O-])cc2)c(OC)n1. The average molecular weight is 304 g/mol. The van der Waals surface area contributed by atoms with E-state index in [0.717, 1.165) is 0 Å². The van der Waals surface area contributed by atoms with Crippen molar-refractivity contribution < 1.29 is 19.2 Å². The molecule has 9 nitrogen and oxygen atoms in total. The highest BCUT2D eigenvalue weighted by atomic mass is 16.6. The predicted molar refractivity (Wildman–Crippen MR) is 76.2 cm³/mol. The second kappa shape index (κ2) is 6.48. The molecule has 0 aliphatic heterocycles. The number of nitrogens with zero attached hydrogens (tertiary/aromatic N) is 3. The molecule has 0 radical (unpaired) electrons. The molecule has 0 saturated heterocycles. The second-order valence-corrected chi connectivity index (χ2v) is 4.04. The van der Waals surface area contributed by atoms with Crippen molar-refractivity contribution in [3.05, 3.63) is 46.1 Å². The van der Waals surface area contributed by atoms with Crippen molar-refractivity contribution in [3.8, 4) is 11.9 Å². The summed E-state index contributed by atoms with van der Waals surface area (Å²) in [7, 11) is 2.80. The maximum absolute atomic E-state index is 12.1. The van der Waals surface area contributed by atoms with Crippen LogP contribution in [0.2, 0.25) is 0 Å². The minimum atomic E-state index is -0.540. The number of benzene rings is 1. The number of methoxy groups -OCH3 is 2. The molecular weight excluding hydrogens is 292 g/mol. The molecular formula is C13H12N4O5. The molecule has 0 unspecified atom stereocenters. The van der Waals surface area contributed by atoms with E-state index in [1.54, 1.807) is 0 Å². The van der Waals surface area contributed by atoms with Gasteiger partial charge in [-0.3, -0.25) is 14.9 Å². The Labute approximate surface area is 125 Å². The number of ether oxygens (including phenoxy) is 2. The molecule has 0 spiro atoms.